The summed E-state index contributed by atoms with van der Waals surface area (Å²) in [5, 5.41) is 5.60. The minimum atomic E-state index is -0.189. The molecule has 0 radical (unpaired) electrons. The van der Waals surface area contributed by atoms with E-state index in [1.54, 1.807) is 7.11 Å². The largest absolute Gasteiger partial charge is 0.493 e. The first-order chi connectivity index (χ1) is 11.7. The summed E-state index contributed by atoms with van der Waals surface area (Å²) in [4.78, 5) is 11.7. The zero-order valence-corrected chi connectivity index (χ0v) is 14.2. The average molecular weight is 328 g/mol. The van der Waals surface area contributed by atoms with Gasteiger partial charge in [0.15, 0.2) is 11.5 Å². The molecule has 128 valence electrons. The lowest BCUT2D eigenvalue weighted by molar-refractivity contribution is 0.235. The number of amides is 2. The fourth-order valence-electron chi connectivity index (χ4n) is 2.25. The van der Waals surface area contributed by atoms with Gasteiger partial charge in [-0.2, -0.15) is 0 Å². The summed E-state index contributed by atoms with van der Waals surface area (Å²) in [7, 11) is 1.61. The molecule has 0 aliphatic carbocycles. The molecular formula is C19H24N2O3. The van der Waals surface area contributed by atoms with E-state index in [0.29, 0.717) is 31.2 Å². The molecule has 0 bridgehead atoms. The molecule has 0 atom stereocenters. The molecular weight excluding hydrogens is 304 g/mol. The van der Waals surface area contributed by atoms with Crippen LogP contribution in [0.25, 0.3) is 0 Å². The highest BCUT2D eigenvalue weighted by Gasteiger charge is 2.05. The van der Waals surface area contributed by atoms with Gasteiger partial charge in [-0.05, 0) is 36.6 Å². The van der Waals surface area contributed by atoms with Gasteiger partial charge < -0.3 is 20.1 Å². The fraction of sp³-hybridized carbons (Fsp3) is 0.316. The molecule has 0 aliphatic heterocycles. The normalized spacial score (nSPS) is 10.1. The van der Waals surface area contributed by atoms with Crippen LogP contribution >= 0.6 is 0 Å². The quantitative estimate of drug-likeness (QED) is 0.733. The smallest absolute Gasteiger partial charge is 0.314 e. The number of methoxy groups -OCH3 is 1. The fourth-order valence-corrected chi connectivity index (χ4v) is 2.25. The van der Waals surface area contributed by atoms with Gasteiger partial charge in [-0.25, -0.2) is 4.79 Å². The predicted molar refractivity (Wildman–Crippen MR) is 94.8 cm³/mol. The van der Waals surface area contributed by atoms with Crippen molar-refractivity contribution in [2.75, 3.05) is 26.8 Å². The van der Waals surface area contributed by atoms with Crippen molar-refractivity contribution < 1.29 is 14.3 Å². The van der Waals surface area contributed by atoms with Crippen molar-refractivity contribution >= 4 is 6.03 Å². The van der Waals surface area contributed by atoms with Gasteiger partial charge in [0.2, 0.25) is 0 Å². The number of urea groups is 1. The van der Waals surface area contributed by atoms with E-state index in [-0.39, 0.29) is 6.03 Å². The van der Waals surface area contributed by atoms with Crippen molar-refractivity contribution in [1.29, 1.82) is 0 Å². The monoisotopic (exact) mass is 328 g/mol. The van der Waals surface area contributed by atoms with Crippen LogP contribution in [0.15, 0.2) is 48.5 Å². The van der Waals surface area contributed by atoms with Gasteiger partial charge in [0.05, 0.1) is 13.7 Å². The summed E-state index contributed by atoms with van der Waals surface area (Å²) >= 11 is 0. The molecule has 5 nitrogen and oxygen atoms in total. The molecule has 0 fully saturated rings. The third-order valence-corrected chi connectivity index (χ3v) is 3.51. The second kappa shape index (κ2) is 9.45. The van der Waals surface area contributed by atoms with Crippen molar-refractivity contribution in [3.05, 3.63) is 59.7 Å². The second-order valence-electron chi connectivity index (χ2n) is 5.42. The van der Waals surface area contributed by atoms with Crippen LogP contribution in [-0.2, 0) is 6.42 Å². The van der Waals surface area contributed by atoms with E-state index in [1.165, 1.54) is 5.56 Å². The molecule has 0 aromatic heterocycles. The van der Waals surface area contributed by atoms with Crippen molar-refractivity contribution in [3.63, 3.8) is 0 Å². The van der Waals surface area contributed by atoms with Crippen LogP contribution in [0.3, 0.4) is 0 Å². The minimum absolute atomic E-state index is 0.189. The minimum Gasteiger partial charge on any atom is -0.493 e. The summed E-state index contributed by atoms with van der Waals surface area (Å²) in [5.74, 6) is 1.37. The summed E-state index contributed by atoms with van der Waals surface area (Å²) in [6, 6.07) is 15.6. The lowest BCUT2D eigenvalue weighted by atomic mass is 10.1. The number of hydrogen-bond donors (Lipinski definition) is 2. The number of ether oxygens (including phenoxy) is 2. The lowest BCUT2D eigenvalue weighted by Crippen LogP contribution is -2.38. The molecule has 2 aromatic rings. The Bertz CT molecular complexity index is 644. The summed E-state index contributed by atoms with van der Waals surface area (Å²) in [5.41, 5.74) is 2.31. The molecule has 2 rings (SSSR count). The zero-order chi connectivity index (χ0) is 17.2. The van der Waals surface area contributed by atoms with E-state index >= 15 is 0 Å². The molecule has 24 heavy (non-hydrogen) atoms. The Hall–Kier alpha value is -2.69. The predicted octanol–water partition coefficient (Wildman–Crippen LogP) is 2.92. The van der Waals surface area contributed by atoms with Gasteiger partial charge in [-0.1, -0.05) is 36.4 Å². The van der Waals surface area contributed by atoms with Gasteiger partial charge in [0.1, 0.15) is 6.61 Å². The average Bonchev–Trinajstić information content (AvgIpc) is 2.60. The van der Waals surface area contributed by atoms with Crippen molar-refractivity contribution in [2.24, 2.45) is 0 Å². The van der Waals surface area contributed by atoms with Crippen LogP contribution in [0.1, 0.15) is 11.1 Å². The molecule has 0 aliphatic rings. The maximum atomic E-state index is 11.7. The van der Waals surface area contributed by atoms with Gasteiger partial charge in [0, 0.05) is 6.54 Å². The van der Waals surface area contributed by atoms with Gasteiger partial charge in [-0.15, -0.1) is 0 Å². The molecule has 2 aromatic carbocycles. The Morgan fingerprint density at radius 3 is 2.50 bits per heavy atom. The molecule has 0 unspecified atom stereocenters. The third kappa shape index (κ3) is 5.83. The molecule has 0 saturated heterocycles. The number of carbonyl (C=O) groups is 1. The van der Waals surface area contributed by atoms with Gasteiger partial charge in [-0.3, -0.25) is 0 Å². The topological polar surface area (TPSA) is 59.6 Å². The van der Waals surface area contributed by atoms with Crippen molar-refractivity contribution in [3.8, 4) is 11.5 Å². The van der Waals surface area contributed by atoms with Crippen LogP contribution in [0, 0.1) is 6.92 Å². The maximum absolute atomic E-state index is 11.7. The SMILES string of the molecule is COc1cc(C)ccc1OCCNC(=O)NCCc1ccccc1. The second-order valence-corrected chi connectivity index (χ2v) is 5.42. The summed E-state index contributed by atoms with van der Waals surface area (Å²) in [6.45, 7) is 3.40. The lowest BCUT2D eigenvalue weighted by Gasteiger charge is -2.12. The van der Waals surface area contributed by atoms with Crippen LogP contribution in [0.2, 0.25) is 0 Å². The van der Waals surface area contributed by atoms with Crippen LogP contribution < -0.4 is 20.1 Å². The third-order valence-electron chi connectivity index (χ3n) is 3.51. The highest BCUT2D eigenvalue weighted by atomic mass is 16.5. The number of hydrogen-bond acceptors (Lipinski definition) is 3. The number of nitrogens with one attached hydrogen (secondary N) is 2. The number of carbonyl (C=O) groups excluding carboxylic acids is 1. The highest BCUT2D eigenvalue weighted by Crippen LogP contribution is 2.27. The molecule has 5 heteroatoms. The Morgan fingerprint density at radius 2 is 1.75 bits per heavy atom. The first-order valence-corrected chi connectivity index (χ1v) is 8.02. The van der Waals surface area contributed by atoms with Crippen LogP contribution in [-0.4, -0.2) is 32.8 Å². The van der Waals surface area contributed by atoms with Gasteiger partial charge in [0.25, 0.3) is 0 Å². The number of benzene rings is 2. The Morgan fingerprint density at radius 1 is 1.00 bits per heavy atom. The van der Waals surface area contributed by atoms with E-state index in [4.69, 9.17) is 9.47 Å². The summed E-state index contributed by atoms with van der Waals surface area (Å²) < 4.78 is 10.9. The summed E-state index contributed by atoms with van der Waals surface area (Å²) in [6.07, 6.45) is 0.811. The maximum Gasteiger partial charge on any atom is 0.314 e. The van der Waals surface area contributed by atoms with E-state index in [9.17, 15) is 4.79 Å². The van der Waals surface area contributed by atoms with Crippen molar-refractivity contribution in [2.45, 2.75) is 13.3 Å². The van der Waals surface area contributed by atoms with Crippen LogP contribution in [0.4, 0.5) is 4.79 Å². The molecule has 2 N–H and O–H groups in total. The number of rotatable bonds is 8. The number of aryl methyl sites for hydroxylation is 1. The molecule has 0 spiro atoms. The van der Waals surface area contributed by atoms with E-state index < -0.39 is 0 Å². The first-order valence-electron chi connectivity index (χ1n) is 8.02. The Balaban J connectivity index is 1.62. The Labute approximate surface area is 143 Å². The molecule has 0 saturated carbocycles. The molecule has 2 amide bonds. The zero-order valence-electron chi connectivity index (χ0n) is 14.2. The standard InChI is InChI=1S/C19H24N2O3/c1-15-8-9-17(18(14-15)23-2)24-13-12-21-19(22)20-11-10-16-6-4-3-5-7-16/h3-9,14H,10-13H2,1-2H3,(H2,20,21,22). The van der Waals surface area contributed by atoms with Gasteiger partial charge >= 0.3 is 6.03 Å². The van der Waals surface area contributed by atoms with E-state index in [0.717, 1.165) is 12.0 Å². The molecule has 0 heterocycles. The Kier molecular flexibility index (Phi) is 6.95. The first kappa shape index (κ1) is 17.7. The highest BCUT2D eigenvalue weighted by molar-refractivity contribution is 5.73. The van der Waals surface area contributed by atoms with Crippen molar-refractivity contribution in [1.82, 2.24) is 10.6 Å². The van der Waals surface area contributed by atoms with E-state index in [2.05, 4.69) is 10.6 Å². The van der Waals surface area contributed by atoms with E-state index in [1.807, 2.05) is 55.5 Å². The van der Waals surface area contributed by atoms with Crippen LogP contribution in [0.5, 0.6) is 11.5 Å².